The lowest BCUT2D eigenvalue weighted by molar-refractivity contribution is -0.122. The van der Waals surface area contributed by atoms with Crippen molar-refractivity contribution in [3.05, 3.63) is 0 Å². The van der Waals surface area contributed by atoms with E-state index in [9.17, 15) is 4.79 Å². The molecule has 0 bridgehead atoms. The van der Waals surface area contributed by atoms with Gasteiger partial charge in [0.1, 0.15) is 0 Å². The molecule has 1 heterocycles. The number of nitrogens with one attached hydrogen (secondary N) is 2. The molecule has 2 unspecified atom stereocenters. The third kappa shape index (κ3) is 5.04. The smallest absolute Gasteiger partial charge is 0.234 e. The number of likely N-dealkylation sites (N-methyl/N-ethyl adjacent to an activating group) is 1. The Morgan fingerprint density at radius 1 is 1.41 bits per heavy atom. The van der Waals surface area contributed by atoms with Crippen molar-refractivity contribution in [1.29, 1.82) is 0 Å². The second-order valence-corrected chi connectivity index (χ2v) is 5.02. The predicted molar refractivity (Wildman–Crippen MR) is 71.0 cm³/mol. The third-order valence-corrected chi connectivity index (χ3v) is 3.39. The number of piperidine rings is 1. The molecule has 100 valence electrons. The van der Waals surface area contributed by atoms with Crippen LogP contribution < -0.4 is 10.6 Å². The second-order valence-electron chi connectivity index (χ2n) is 5.02. The summed E-state index contributed by atoms with van der Waals surface area (Å²) in [5.74, 6) is 0.782. The molecule has 4 heteroatoms. The van der Waals surface area contributed by atoms with Crippen molar-refractivity contribution in [2.24, 2.45) is 5.92 Å². The van der Waals surface area contributed by atoms with Gasteiger partial charge in [-0.05, 0) is 32.2 Å². The Morgan fingerprint density at radius 2 is 2.18 bits per heavy atom. The number of hydrogen-bond donors (Lipinski definition) is 2. The van der Waals surface area contributed by atoms with E-state index in [0.29, 0.717) is 18.5 Å². The standard InChI is InChI=1S/C13H27N3O/c1-4-7-15-12-6-8-16(9-11(12)3)10-13(17)14-5-2/h11-12,15H,4-10H2,1-3H3,(H,14,17). The number of likely N-dealkylation sites (tertiary alicyclic amines) is 1. The molecule has 1 fully saturated rings. The monoisotopic (exact) mass is 241 g/mol. The summed E-state index contributed by atoms with van der Waals surface area (Å²) in [5, 5.41) is 6.45. The number of carbonyl (C=O) groups excluding carboxylic acids is 1. The average Bonchev–Trinajstić information content (AvgIpc) is 2.28. The minimum Gasteiger partial charge on any atom is -0.355 e. The number of amides is 1. The first-order valence-corrected chi connectivity index (χ1v) is 6.89. The number of hydrogen-bond acceptors (Lipinski definition) is 3. The van der Waals surface area contributed by atoms with Crippen LogP contribution in [0.4, 0.5) is 0 Å². The fourth-order valence-corrected chi connectivity index (χ4v) is 2.46. The highest BCUT2D eigenvalue weighted by molar-refractivity contribution is 5.77. The van der Waals surface area contributed by atoms with Crippen LogP contribution in [0.15, 0.2) is 0 Å². The highest BCUT2D eigenvalue weighted by Gasteiger charge is 2.26. The van der Waals surface area contributed by atoms with E-state index in [-0.39, 0.29) is 5.91 Å². The first kappa shape index (κ1) is 14.5. The fourth-order valence-electron chi connectivity index (χ4n) is 2.46. The average molecular weight is 241 g/mol. The Bertz CT molecular complexity index is 233. The van der Waals surface area contributed by atoms with Crippen LogP contribution >= 0.6 is 0 Å². The maximum Gasteiger partial charge on any atom is 0.234 e. The lowest BCUT2D eigenvalue weighted by atomic mass is 9.93. The molecule has 0 aliphatic carbocycles. The number of carbonyl (C=O) groups is 1. The van der Waals surface area contributed by atoms with Crippen molar-refractivity contribution in [2.75, 3.05) is 32.7 Å². The van der Waals surface area contributed by atoms with E-state index in [2.05, 4.69) is 29.4 Å². The van der Waals surface area contributed by atoms with Crippen molar-refractivity contribution in [3.63, 3.8) is 0 Å². The molecule has 1 aliphatic rings. The molecule has 2 N–H and O–H groups in total. The van der Waals surface area contributed by atoms with E-state index in [1.807, 2.05) is 6.92 Å². The molecule has 1 amide bonds. The molecular weight excluding hydrogens is 214 g/mol. The summed E-state index contributed by atoms with van der Waals surface area (Å²) in [4.78, 5) is 13.8. The molecule has 0 spiro atoms. The zero-order valence-corrected chi connectivity index (χ0v) is 11.5. The van der Waals surface area contributed by atoms with Crippen LogP contribution in [0, 0.1) is 5.92 Å². The van der Waals surface area contributed by atoms with Gasteiger partial charge in [0.15, 0.2) is 0 Å². The molecule has 2 atom stereocenters. The molecular formula is C13H27N3O. The van der Waals surface area contributed by atoms with Crippen molar-refractivity contribution < 1.29 is 4.79 Å². The normalized spacial score (nSPS) is 25.8. The topological polar surface area (TPSA) is 44.4 Å². The molecule has 4 nitrogen and oxygen atoms in total. The summed E-state index contributed by atoms with van der Waals surface area (Å²) in [5.41, 5.74) is 0. The molecule has 1 saturated heterocycles. The Balaban J connectivity index is 2.28. The lowest BCUT2D eigenvalue weighted by Crippen LogP contribution is -2.50. The van der Waals surface area contributed by atoms with Crippen LogP contribution in [0.25, 0.3) is 0 Å². The van der Waals surface area contributed by atoms with E-state index in [1.165, 1.54) is 6.42 Å². The number of nitrogens with zero attached hydrogens (tertiary/aromatic N) is 1. The van der Waals surface area contributed by atoms with Crippen LogP contribution in [-0.2, 0) is 4.79 Å². The Hall–Kier alpha value is -0.610. The Morgan fingerprint density at radius 3 is 2.76 bits per heavy atom. The zero-order chi connectivity index (χ0) is 12.7. The summed E-state index contributed by atoms with van der Waals surface area (Å²) >= 11 is 0. The van der Waals surface area contributed by atoms with Gasteiger partial charge in [-0.2, -0.15) is 0 Å². The second kappa shape index (κ2) is 7.67. The Kier molecular flexibility index (Phi) is 6.52. The van der Waals surface area contributed by atoms with E-state index >= 15 is 0 Å². The summed E-state index contributed by atoms with van der Waals surface area (Å²) in [6.45, 7) is 10.9. The quantitative estimate of drug-likeness (QED) is 0.724. The molecule has 1 aliphatic heterocycles. The van der Waals surface area contributed by atoms with E-state index in [1.54, 1.807) is 0 Å². The van der Waals surface area contributed by atoms with Gasteiger partial charge in [0.25, 0.3) is 0 Å². The van der Waals surface area contributed by atoms with Crippen molar-refractivity contribution in [3.8, 4) is 0 Å². The molecule has 1 rings (SSSR count). The van der Waals surface area contributed by atoms with Crippen molar-refractivity contribution >= 4 is 5.91 Å². The van der Waals surface area contributed by atoms with Gasteiger partial charge in [0, 0.05) is 25.7 Å². The highest BCUT2D eigenvalue weighted by atomic mass is 16.2. The van der Waals surface area contributed by atoms with Crippen LogP contribution in [0.1, 0.15) is 33.6 Å². The SMILES string of the molecule is CCCNC1CCN(CC(=O)NCC)CC1C. The van der Waals surface area contributed by atoms with Gasteiger partial charge in [0.2, 0.25) is 5.91 Å². The molecule has 0 aromatic heterocycles. The van der Waals surface area contributed by atoms with Crippen molar-refractivity contribution in [1.82, 2.24) is 15.5 Å². The minimum atomic E-state index is 0.152. The Labute approximate surface area is 105 Å². The molecule has 0 radical (unpaired) electrons. The summed E-state index contributed by atoms with van der Waals surface area (Å²) in [7, 11) is 0. The molecule has 0 aromatic rings. The van der Waals surface area contributed by atoms with Gasteiger partial charge in [0.05, 0.1) is 6.54 Å². The van der Waals surface area contributed by atoms with Crippen LogP contribution in [0.5, 0.6) is 0 Å². The maximum absolute atomic E-state index is 11.5. The van der Waals surface area contributed by atoms with E-state index < -0.39 is 0 Å². The third-order valence-electron chi connectivity index (χ3n) is 3.39. The first-order valence-electron chi connectivity index (χ1n) is 6.89. The van der Waals surface area contributed by atoms with E-state index in [4.69, 9.17) is 0 Å². The fraction of sp³-hybridized carbons (Fsp3) is 0.923. The summed E-state index contributed by atoms with van der Waals surface area (Å²) < 4.78 is 0. The van der Waals surface area contributed by atoms with Crippen LogP contribution in [0.3, 0.4) is 0 Å². The summed E-state index contributed by atoms with van der Waals surface area (Å²) in [6.07, 6.45) is 2.34. The number of rotatable bonds is 6. The van der Waals surface area contributed by atoms with Crippen molar-refractivity contribution in [2.45, 2.75) is 39.7 Å². The van der Waals surface area contributed by atoms with Crippen LogP contribution in [0.2, 0.25) is 0 Å². The predicted octanol–water partition coefficient (Wildman–Crippen LogP) is 0.833. The summed E-state index contributed by atoms with van der Waals surface area (Å²) in [6, 6.07) is 0.625. The van der Waals surface area contributed by atoms with Gasteiger partial charge in [-0.3, -0.25) is 9.69 Å². The van der Waals surface area contributed by atoms with Gasteiger partial charge in [-0.1, -0.05) is 13.8 Å². The molecule has 17 heavy (non-hydrogen) atoms. The largest absolute Gasteiger partial charge is 0.355 e. The van der Waals surface area contributed by atoms with Crippen LogP contribution in [-0.4, -0.2) is 49.6 Å². The minimum absolute atomic E-state index is 0.152. The van der Waals surface area contributed by atoms with E-state index in [0.717, 1.165) is 32.6 Å². The molecule has 0 saturated carbocycles. The zero-order valence-electron chi connectivity index (χ0n) is 11.5. The maximum atomic E-state index is 11.5. The van der Waals surface area contributed by atoms with Gasteiger partial charge in [-0.15, -0.1) is 0 Å². The van der Waals surface area contributed by atoms with Gasteiger partial charge < -0.3 is 10.6 Å². The highest BCUT2D eigenvalue weighted by Crippen LogP contribution is 2.16. The molecule has 0 aromatic carbocycles. The first-order chi connectivity index (χ1) is 8.17. The van der Waals surface area contributed by atoms with Gasteiger partial charge >= 0.3 is 0 Å². The lowest BCUT2D eigenvalue weighted by Gasteiger charge is -2.37. The van der Waals surface area contributed by atoms with Gasteiger partial charge in [-0.25, -0.2) is 0 Å².